The summed E-state index contributed by atoms with van der Waals surface area (Å²) in [4.78, 5) is 15.8. The molecule has 116 valence electrons. The van der Waals surface area contributed by atoms with Crippen LogP contribution in [0.25, 0.3) is 0 Å². The third-order valence-electron chi connectivity index (χ3n) is 2.68. The van der Waals surface area contributed by atoms with Crippen molar-refractivity contribution in [1.82, 2.24) is 10.4 Å². The summed E-state index contributed by atoms with van der Waals surface area (Å²) < 4.78 is 5.62. The number of thiazole rings is 1. The number of anilines is 1. The molecule has 3 N–H and O–H groups in total. The second-order valence-corrected chi connectivity index (χ2v) is 5.42. The summed E-state index contributed by atoms with van der Waals surface area (Å²) >= 11 is 1.31. The third-order valence-corrected chi connectivity index (χ3v) is 3.41. The van der Waals surface area contributed by atoms with Gasteiger partial charge in [-0.2, -0.15) is 5.10 Å². The van der Waals surface area contributed by atoms with Crippen molar-refractivity contribution in [1.29, 1.82) is 0 Å². The molecule has 1 aromatic carbocycles. The minimum absolute atomic E-state index is 0.152. The van der Waals surface area contributed by atoms with E-state index in [4.69, 9.17) is 10.5 Å². The lowest BCUT2D eigenvalue weighted by molar-refractivity contribution is -0.120. The zero-order valence-corrected chi connectivity index (χ0v) is 13.1. The Morgan fingerprint density at radius 3 is 3.05 bits per heavy atom. The van der Waals surface area contributed by atoms with Gasteiger partial charge < -0.3 is 10.5 Å². The van der Waals surface area contributed by atoms with E-state index in [-0.39, 0.29) is 12.3 Å². The number of hydrogen-bond donors (Lipinski definition) is 2. The van der Waals surface area contributed by atoms with Gasteiger partial charge in [0.1, 0.15) is 5.75 Å². The van der Waals surface area contributed by atoms with Crippen LogP contribution in [0.4, 0.5) is 5.13 Å². The Balaban J connectivity index is 1.90. The molecule has 0 spiro atoms. The van der Waals surface area contributed by atoms with Crippen molar-refractivity contribution < 1.29 is 9.53 Å². The first kappa shape index (κ1) is 16.0. The topological polar surface area (TPSA) is 89.6 Å². The molecule has 0 aliphatic carbocycles. The lowest BCUT2D eigenvalue weighted by Gasteiger charge is -2.07. The molecule has 0 unspecified atom stereocenters. The number of para-hydroxylation sites is 1. The Bertz CT molecular complexity index is 654. The number of aromatic nitrogens is 1. The molecule has 0 atom stereocenters. The maximum absolute atomic E-state index is 11.7. The SMILES string of the molecule is CCCOc1ccccc1/C=N/NC(=O)Cc1csc(N)n1. The van der Waals surface area contributed by atoms with Crippen LogP contribution in [-0.2, 0) is 11.2 Å². The first-order chi connectivity index (χ1) is 10.7. The van der Waals surface area contributed by atoms with Gasteiger partial charge >= 0.3 is 0 Å². The standard InChI is InChI=1S/C15H18N4O2S/c1-2-7-21-13-6-4-3-5-11(13)9-17-19-14(20)8-12-10-22-15(16)18-12/h3-6,9-10H,2,7-8H2,1H3,(H2,16,18)(H,19,20)/b17-9+. The van der Waals surface area contributed by atoms with E-state index in [0.29, 0.717) is 17.4 Å². The average molecular weight is 318 g/mol. The number of amides is 1. The zero-order valence-electron chi connectivity index (χ0n) is 12.3. The highest BCUT2D eigenvalue weighted by Crippen LogP contribution is 2.16. The molecule has 1 amide bonds. The van der Waals surface area contributed by atoms with E-state index in [1.807, 2.05) is 31.2 Å². The average Bonchev–Trinajstić information content (AvgIpc) is 2.91. The van der Waals surface area contributed by atoms with E-state index in [0.717, 1.165) is 17.7 Å². The van der Waals surface area contributed by atoms with Crippen LogP contribution in [0.3, 0.4) is 0 Å². The van der Waals surface area contributed by atoms with Gasteiger partial charge in [-0.25, -0.2) is 10.4 Å². The van der Waals surface area contributed by atoms with Crippen LogP contribution in [-0.4, -0.2) is 23.7 Å². The molecule has 1 aromatic heterocycles. The molecule has 2 aromatic rings. The van der Waals surface area contributed by atoms with Gasteiger partial charge in [0, 0.05) is 10.9 Å². The molecule has 0 saturated carbocycles. The molecule has 0 aliphatic heterocycles. The van der Waals surface area contributed by atoms with E-state index < -0.39 is 0 Å². The van der Waals surface area contributed by atoms with Crippen molar-refractivity contribution in [2.24, 2.45) is 5.10 Å². The summed E-state index contributed by atoms with van der Waals surface area (Å²) in [6.07, 6.45) is 2.65. The Morgan fingerprint density at radius 2 is 2.32 bits per heavy atom. The summed E-state index contributed by atoms with van der Waals surface area (Å²) in [5.41, 5.74) is 9.44. The smallest absolute Gasteiger partial charge is 0.246 e. The van der Waals surface area contributed by atoms with Crippen LogP contribution in [0.5, 0.6) is 5.75 Å². The van der Waals surface area contributed by atoms with Crippen LogP contribution >= 0.6 is 11.3 Å². The molecule has 1 heterocycles. The number of nitrogen functional groups attached to an aromatic ring is 1. The second-order valence-electron chi connectivity index (χ2n) is 4.53. The van der Waals surface area contributed by atoms with E-state index >= 15 is 0 Å². The Hall–Kier alpha value is -2.41. The lowest BCUT2D eigenvalue weighted by atomic mass is 10.2. The molecule has 0 radical (unpaired) electrons. The summed E-state index contributed by atoms with van der Waals surface area (Å²) in [6, 6.07) is 7.53. The Kier molecular flexibility index (Phi) is 5.91. The fraction of sp³-hybridized carbons (Fsp3) is 0.267. The molecular weight excluding hydrogens is 300 g/mol. The van der Waals surface area contributed by atoms with Crippen molar-refractivity contribution in [2.45, 2.75) is 19.8 Å². The molecule has 0 saturated heterocycles. The van der Waals surface area contributed by atoms with Gasteiger partial charge in [-0.05, 0) is 18.6 Å². The molecule has 6 nitrogen and oxygen atoms in total. The van der Waals surface area contributed by atoms with Gasteiger partial charge in [-0.3, -0.25) is 4.79 Å². The van der Waals surface area contributed by atoms with Crippen LogP contribution in [0.1, 0.15) is 24.6 Å². The number of hydrogen-bond acceptors (Lipinski definition) is 6. The van der Waals surface area contributed by atoms with E-state index in [2.05, 4.69) is 15.5 Å². The fourth-order valence-electron chi connectivity index (χ4n) is 1.71. The zero-order chi connectivity index (χ0) is 15.8. The van der Waals surface area contributed by atoms with E-state index in [1.54, 1.807) is 11.6 Å². The first-order valence-electron chi connectivity index (χ1n) is 6.92. The first-order valence-corrected chi connectivity index (χ1v) is 7.80. The summed E-state index contributed by atoms with van der Waals surface area (Å²) in [5, 5.41) is 6.16. The second kappa shape index (κ2) is 8.14. The molecule has 2 rings (SSSR count). The van der Waals surface area contributed by atoms with Crippen molar-refractivity contribution in [3.63, 3.8) is 0 Å². The largest absolute Gasteiger partial charge is 0.493 e. The summed E-state index contributed by atoms with van der Waals surface area (Å²) in [7, 11) is 0. The Morgan fingerprint density at radius 1 is 1.50 bits per heavy atom. The minimum Gasteiger partial charge on any atom is -0.493 e. The molecule has 22 heavy (non-hydrogen) atoms. The van der Waals surface area contributed by atoms with Gasteiger partial charge in [0.25, 0.3) is 0 Å². The number of rotatable bonds is 7. The maximum atomic E-state index is 11.7. The quantitative estimate of drug-likeness (QED) is 0.605. The van der Waals surface area contributed by atoms with Gasteiger partial charge in [-0.15, -0.1) is 11.3 Å². The van der Waals surface area contributed by atoms with Crippen LogP contribution in [0.15, 0.2) is 34.7 Å². The fourth-order valence-corrected chi connectivity index (χ4v) is 2.28. The van der Waals surface area contributed by atoms with Crippen molar-refractivity contribution in [3.8, 4) is 5.75 Å². The predicted octanol–water partition coefficient (Wildman–Crippen LogP) is 2.21. The highest BCUT2D eigenvalue weighted by molar-refractivity contribution is 7.13. The highest BCUT2D eigenvalue weighted by atomic mass is 32.1. The number of carbonyl (C=O) groups is 1. The third kappa shape index (κ3) is 4.85. The predicted molar refractivity (Wildman–Crippen MR) is 88.2 cm³/mol. The number of benzene rings is 1. The van der Waals surface area contributed by atoms with Crippen LogP contribution in [0, 0.1) is 0 Å². The van der Waals surface area contributed by atoms with E-state index in [1.165, 1.54) is 11.3 Å². The highest BCUT2D eigenvalue weighted by Gasteiger charge is 2.05. The van der Waals surface area contributed by atoms with Crippen molar-refractivity contribution in [3.05, 3.63) is 40.9 Å². The summed E-state index contributed by atoms with van der Waals surface area (Å²) in [5.74, 6) is 0.503. The molecule has 7 heteroatoms. The number of nitrogens with zero attached hydrogens (tertiary/aromatic N) is 2. The number of hydrazone groups is 1. The lowest BCUT2D eigenvalue weighted by Crippen LogP contribution is -2.20. The maximum Gasteiger partial charge on any atom is 0.246 e. The Labute approximate surface area is 133 Å². The monoisotopic (exact) mass is 318 g/mol. The minimum atomic E-state index is -0.242. The van der Waals surface area contributed by atoms with Crippen molar-refractivity contribution >= 4 is 28.6 Å². The molecule has 0 bridgehead atoms. The summed E-state index contributed by atoms with van der Waals surface area (Å²) in [6.45, 7) is 2.69. The number of carbonyl (C=O) groups excluding carboxylic acids is 1. The van der Waals surface area contributed by atoms with Gasteiger partial charge in [0.05, 0.1) is 24.9 Å². The molecular formula is C15H18N4O2S. The van der Waals surface area contributed by atoms with Crippen molar-refractivity contribution in [2.75, 3.05) is 12.3 Å². The van der Waals surface area contributed by atoms with Gasteiger partial charge in [-0.1, -0.05) is 19.1 Å². The molecule has 0 fully saturated rings. The van der Waals surface area contributed by atoms with Gasteiger partial charge in [0.15, 0.2) is 5.13 Å². The number of nitrogens with one attached hydrogen (secondary N) is 1. The van der Waals surface area contributed by atoms with Crippen LogP contribution < -0.4 is 15.9 Å². The normalized spacial score (nSPS) is 10.8. The van der Waals surface area contributed by atoms with Gasteiger partial charge in [0.2, 0.25) is 5.91 Å². The van der Waals surface area contributed by atoms with Crippen LogP contribution in [0.2, 0.25) is 0 Å². The van der Waals surface area contributed by atoms with E-state index in [9.17, 15) is 4.79 Å². The molecule has 0 aliphatic rings. The number of nitrogens with two attached hydrogens (primary N) is 1. The number of ether oxygens (including phenoxy) is 1.